The van der Waals surface area contributed by atoms with Crippen LogP contribution in [0.4, 0.5) is 0 Å². The molecule has 3 aromatic rings. The molecular formula is C21H18ClN5O3. The molecule has 5 rings (SSSR count). The van der Waals surface area contributed by atoms with Gasteiger partial charge >= 0.3 is 0 Å². The first-order valence-corrected chi connectivity index (χ1v) is 10.0. The molecule has 2 aliphatic rings. The van der Waals surface area contributed by atoms with Gasteiger partial charge in [-0.2, -0.15) is 0 Å². The number of carbonyl (C=O) groups is 1. The van der Waals surface area contributed by atoms with Gasteiger partial charge in [0.25, 0.3) is 5.70 Å². The first-order chi connectivity index (χ1) is 14.5. The van der Waals surface area contributed by atoms with Crippen molar-refractivity contribution >= 4 is 28.4 Å². The van der Waals surface area contributed by atoms with Gasteiger partial charge in [-0.25, -0.2) is 4.98 Å². The Morgan fingerprint density at radius 1 is 1.23 bits per heavy atom. The third-order valence-corrected chi connectivity index (χ3v) is 5.97. The predicted octanol–water partition coefficient (Wildman–Crippen LogP) is 3.49. The van der Waals surface area contributed by atoms with Gasteiger partial charge in [-0.05, 0) is 23.3 Å². The zero-order chi connectivity index (χ0) is 20.8. The lowest BCUT2D eigenvalue weighted by Gasteiger charge is -2.30. The van der Waals surface area contributed by atoms with Crippen LogP contribution in [0, 0.1) is 10.1 Å². The van der Waals surface area contributed by atoms with Crippen LogP contribution >= 0.6 is 11.6 Å². The molecule has 1 saturated heterocycles. The maximum absolute atomic E-state index is 12.9. The van der Waals surface area contributed by atoms with E-state index in [-0.39, 0.29) is 22.9 Å². The predicted molar refractivity (Wildman–Crippen MR) is 111 cm³/mol. The number of aromatic nitrogens is 2. The molecule has 152 valence electrons. The number of allylic oxidation sites excluding steroid dienone is 1. The second-order valence-corrected chi connectivity index (χ2v) is 7.86. The van der Waals surface area contributed by atoms with Crippen LogP contribution in [0.1, 0.15) is 23.5 Å². The number of nitrogens with one attached hydrogen (secondary N) is 1. The molecule has 30 heavy (non-hydrogen) atoms. The van der Waals surface area contributed by atoms with E-state index in [2.05, 4.69) is 9.97 Å². The van der Waals surface area contributed by atoms with Crippen LogP contribution in [0.15, 0.2) is 60.3 Å². The monoisotopic (exact) mass is 423 g/mol. The van der Waals surface area contributed by atoms with Crippen molar-refractivity contribution in [2.75, 3.05) is 13.1 Å². The summed E-state index contributed by atoms with van der Waals surface area (Å²) in [4.78, 5) is 35.5. The fourth-order valence-electron chi connectivity index (χ4n) is 4.41. The van der Waals surface area contributed by atoms with Crippen LogP contribution in [-0.2, 0) is 11.3 Å². The number of fused-ring (bicyclic) bond motifs is 2. The van der Waals surface area contributed by atoms with E-state index >= 15 is 0 Å². The number of para-hydroxylation sites is 1. The smallest absolute Gasteiger partial charge is 0.294 e. The number of benzene rings is 1. The summed E-state index contributed by atoms with van der Waals surface area (Å²) >= 11 is 5.87. The van der Waals surface area contributed by atoms with Gasteiger partial charge in [0.15, 0.2) is 5.82 Å². The van der Waals surface area contributed by atoms with E-state index in [1.54, 1.807) is 23.4 Å². The van der Waals surface area contributed by atoms with E-state index in [0.29, 0.717) is 30.6 Å². The zero-order valence-corrected chi connectivity index (χ0v) is 16.7. The van der Waals surface area contributed by atoms with E-state index in [4.69, 9.17) is 11.6 Å². The third kappa shape index (κ3) is 3.00. The second kappa shape index (κ2) is 7.14. The Morgan fingerprint density at radius 2 is 2.07 bits per heavy atom. The minimum atomic E-state index is -0.612. The molecule has 1 unspecified atom stereocenters. The van der Waals surface area contributed by atoms with Gasteiger partial charge < -0.3 is 9.88 Å². The van der Waals surface area contributed by atoms with Gasteiger partial charge in [-0.3, -0.25) is 19.8 Å². The van der Waals surface area contributed by atoms with Gasteiger partial charge in [-0.15, -0.1) is 0 Å². The average molecular weight is 424 g/mol. The number of rotatable bonds is 4. The van der Waals surface area contributed by atoms with Crippen molar-refractivity contribution in [1.29, 1.82) is 0 Å². The lowest BCUT2D eigenvalue weighted by atomic mass is 9.89. The topological polar surface area (TPSA) is 95.4 Å². The summed E-state index contributed by atoms with van der Waals surface area (Å²) < 4.78 is 0. The molecule has 2 aromatic heterocycles. The first-order valence-electron chi connectivity index (χ1n) is 9.63. The molecule has 8 nitrogen and oxygen atoms in total. The number of amides is 1. The Kier molecular flexibility index (Phi) is 4.43. The summed E-state index contributed by atoms with van der Waals surface area (Å²) in [5.74, 6) is -0.317. The standard InChI is InChI=1S/C21H18ClN5O3/c22-18-6-5-13(10-24-18)12-25-7-8-26-19(28)9-15(20(21(25)26)27(29)30)16-11-23-17-4-2-1-3-14(16)17/h1-6,10-11,15,23H,7-9,12H2. The molecule has 0 saturated carbocycles. The summed E-state index contributed by atoms with van der Waals surface area (Å²) in [5.41, 5.74) is 2.61. The Morgan fingerprint density at radius 3 is 2.83 bits per heavy atom. The second-order valence-electron chi connectivity index (χ2n) is 7.47. The molecule has 9 heteroatoms. The number of H-pyrrole nitrogens is 1. The number of hydrogen-bond acceptors (Lipinski definition) is 5. The van der Waals surface area contributed by atoms with E-state index in [1.165, 1.54) is 0 Å². The summed E-state index contributed by atoms with van der Waals surface area (Å²) in [6.45, 7) is 1.38. The molecule has 1 fully saturated rings. The summed E-state index contributed by atoms with van der Waals surface area (Å²) in [5, 5.41) is 13.5. The molecule has 0 aliphatic carbocycles. The van der Waals surface area contributed by atoms with E-state index < -0.39 is 5.92 Å². The van der Waals surface area contributed by atoms with Crippen molar-refractivity contribution in [2.24, 2.45) is 0 Å². The van der Waals surface area contributed by atoms with Crippen molar-refractivity contribution in [3.8, 4) is 0 Å². The Labute approximate surface area is 176 Å². The molecule has 2 aliphatic heterocycles. The minimum Gasteiger partial charge on any atom is -0.361 e. The molecule has 0 spiro atoms. The largest absolute Gasteiger partial charge is 0.361 e. The highest BCUT2D eigenvalue weighted by molar-refractivity contribution is 6.29. The number of pyridine rings is 1. The summed E-state index contributed by atoms with van der Waals surface area (Å²) in [6.07, 6.45) is 3.52. The van der Waals surface area contributed by atoms with E-state index in [0.717, 1.165) is 22.0 Å². The highest BCUT2D eigenvalue weighted by atomic mass is 35.5. The van der Waals surface area contributed by atoms with Crippen molar-refractivity contribution < 1.29 is 9.72 Å². The van der Waals surface area contributed by atoms with Crippen LogP contribution in [0.2, 0.25) is 5.15 Å². The summed E-state index contributed by atoms with van der Waals surface area (Å²) in [6, 6.07) is 11.2. The Bertz CT molecular complexity index is 1190. The Hall–Kier alpha value is -3.39. The highest BCUT2D eigenvalue weighted by Crippen LogP contribution is 2.42. The quantitative estimate of drug-likeness (QED) is 0.393. The maximum atomic E-state index is 12.9. The number of halogens is 1. The normalized spacial score (nSPS) is 19.0. The number of nitro groups is 1. The molecule has 1 amide bonds. The van der Waals surface area contributed by atoms with Gasteiger partial charge in [0.05, 0.1) is 10.8 Å². The molecule has 1 atom stereocenters. The van der Waals surface area contributed by atoms with Crippen LogP contribution < -0.4 is 0 Å². The number of nitrogens with zero attached hydrogens (tertiary/aromatic N) is 4. The molecule has 1 N–H and O–H groups in total. The van der Waals surface area contributed by atoms with Gasteiger partial charge in [0.2, 0.25) is 5.91 Å². The van der Waals surface area contributed by atoms with Crippen LogP contribution in [0.25, 0.3) is 10.9 Å². The van der Waals surface area contributed by atoms with Gasteiger partial charge in [-0.1, -0.05) is 35.9 Å². The van der Waals surface area contributed by atoms with Crippen LogP contribution in [0.5, 0.6) is 0 Å². The van der Waals surface area contributed by atoms with Crippen LogP contribution in [-0.4, -0.2) is 43.7 Å². The summed E-state index contributed by atoms with van der Waals surface area (Å²) in [7, 11) is 0. The lowest BCUT2D eigenvalue weighted by molar-refractivity contribution is -0.434. The number of aromatic amines is 1. The molecule has 1 aromatic carbocycles. The maximum Gasteiger partial charge on any atom is 0.294 e. The molecule has 0 radical (unpaired) electrons. The zero-order valence-electron chi connectivity index (χ0n) is 15.9. The van der Waals surface area contributed by atoms with Crippen LogP contribution in [0.3, 0.4) is 0 Å². The number of carbonyl (C=O) groups excluding carboxylic acids is 1. The Balaban J connectivity index is 1.61. The first kappa shape index (κ1) is 18.6. The minimum absolute atomic E-state index is 0.0683. The van der Waals surface area contributed by atoms with Gasteiger partial charge in [0, 0.05) is 49.4 Å². The van der Waals surface area contributed by atoms with Gasteiger partial charge in [0.1, 0.15) is 5.15 Å². The lowest BCUT2D eigenvalue weighted by Crippen LogP contribution is -2.38. The molecule has 4 heterocycles. The van der Waals surface area contributed by atoms with E-state index in [9.17, 15) is 14.9 Å². The average Bonchev–Trinajstić information content (AvgIpc) is 3.34. The van der Waals surface area contributed by atoms with Crippen molar-refractivity contribution in [3.63, 3.8) is 0 Å². The molecule has 0 bridgehead atoms. The van der Waals surface area contributed by atoms with E-state index in [1.807, 2.05) is 35.2 Å². The third-order valence-electron chi connectivity index (χ3n) is 5.74. The molecular weight excluding hydrogens is 406 g/mol. The van der Waals surface area contributed by atoms with Crippen molar-refractivity contribution in [1.82, 2.24) is 19.8 Å². The van der Waals surface area contributed by atoms with Crippen molar-refractivity contribution in [3.05, 3.63) is 86.7 Å². The number of hydrogen-bond donors (Lipinski definition) is 1. The fraction of sp³-hybridized carbons (Fsp3) is 0.238. The highest BCUT2D eigenvalue weighted by Gasteiger charge is 2.47. The van der Waals surface area contributed by atoms with Crippen molar-refractivity contribution in [2.45, 2.75) is 18.9 Å². The SMILES string of the molecule is O=C1CC(c2c[nH]c3ccccc23)C([N+](=O)[O-])=C2N(Cc3ccc(Cl)nc3)CCN12. The fourth-order valence-corrected chi connectivity index (χ4v) is 4.52.